The SMILES string of the molecule is O=C(Nc1ccc(C(=O)O)c(Cl)c1)Nc1nccnn1. The van der Waals surface area contributed by atoms with Gasteiger partial charge >= 0.3 is 12.0 Å². The van der Waals surface area contributed by atoms with Crippen molar-refractivity contribution in [1.82, 2.24) is 15.2 Å². The summed E-state index contributed by atoms with van der Waals surface area (Å²) in [6.45, 7) is 0. The van der Waals surface area contributed by atoms with E-state index in [1.54, 1.807) is 0 Å². The number of hydrogen-bond acceptors (Lipinski definition) is 5. The zero-order valence-corrected chi connectivity index (χ0v) is 10.6. The van der Waals surface area contributed by atoms with E-state index in [9.17, 15) is 9.59 Å². The fourth-order valence-corrected chi connectivity index (χ4v) is 1.60. The number of benzene rings is 1. The minimum atomic E-state index is -1.14. The molecule has 0 spiro atoms. The molecule has 0 aliphatic carbocycles. The Kier molecular flexibility index (Phi) is 4.06. The average molecular weight is 294 g/mol. The van der Waals surface area contributed by atoms with Crippen LogP contribution in [-0.2, 0) is 0 Å². The van der Waals surface area contributed by atoms with Crippen LogP contribution in [-0.4, -0.2) is 32.3 Å². The normalized spacial score (nSPS) is 9.85. The highest BCUT2D eigenvalue weighted by atomic mass is 35.5. The van der Waals surface area contributed by atoms with Crippen molar-refractivity contribution in [1.29, 1.82) is 0 Å². The minimum Gasteiger partial charge on any atom is -0.478 e. The molecule has 20 heavy (non-hydrogen) atoms. The van der Waals surface area contributed by atoms with E-state index in [0.29, 0.717) is 5.69 Å². The van der Waals surface area contributed by atoms with Crippen molar-refractivity contribution in [3.8, 4) is 0 Å². The van der Waals surface area contributed by atoms with E-state index >= 15 is 0 Å². The summed E-state index contributed by atoms with van der Waals surface area (Å²) >= 11 is 5.78. The van der Waals surface area contributed by atoms with Gasteiger partial charge in [0.1, 0.15) is 0 Å². The molecule has 1 heterocycles. The van der Waals surface area contributed by atoms with Crippen LogP contribution in [0.1, 0.15) is 10.4 Å². The average Bonchev–Trinajstić information content (AvgIpc) is 2.39. The number of carbonyl (C=O) groups is 2. The highest BCUT2D eigenvalue weighted by Crippen LogP contribution is 2.21. The van der Waals surface area contributed by atoms with Crippen molar-refractivity contribution in [3.05, 3.63) is 41.2 Å². The number of carboxylic acid groups (broad SMARTS) is 1. The monoisotopic (exact) mass is 293 g/mol. The Morgan fingerprint density at radius 1 is 1.20 bits per heavy atom. The van der Waals surface area contributed by atoms with Gasteiger partial charge in [0.05, 0.1) is 23.0 Å². The molecule has 2 aromatic rings. The summed E-state index contributed by atoms with van der Waals surface area (Å²) in [7, 11) is 0. The van der Waals surface area contributed by atoms with Gasteiger partial charge in [0, 0.05) is 5.69 Å². The van der Waals surface area contributed by atoms with Gasteiger partial charge in [-0.05, 0) is 18.2 Å². The van der Waals surface area contributed by atoms with Crippen molar-refractivity contribution in [2.24, 2.45) is 0 Å². The van der Waals surface area contributed by atoms with Gasteiger partial charge in [-0.3, -0.25) is 5.32 Å². The molecule has 9 heteroatoms. The van der Waals surface area contributed by atoms with Crippen LogP contribution in [0.3, 0.4) is 0 Å². The minimum absolute atomic E-state index is 0.0212. The molecule has 0 fully saturated rings. The number of aromatic carboxylic acids is 1. The van der Waals surface area contributed by atoms with Crippen LogP contribution in [0.2, 0.25) is 5.02 Å². The number of nitrogens with one attached hydrogen (secondary N) is 2. The zero-order valence-electron chi connectivity index (χ0n) is 9.87. The highest BCUT2D eigenvalue weighted by Gasteiger charge is 2.10. The second-order valence-corrected chi connectivity index (χ2v) is 3.95. The van der Waals surface area contributed by atoms with Gasteiger partial charge in [-0.1, -0.05) is 11.6 Å². The molecular formula is C11H8ClN5O3. The summed E-state index contributed by atoms with van der Waals surface area (Å²) in [5.41, 5.74) is 0.287. The first kappa shape index (κ1) is 13.7. The van der Waals surface area contributed by atoms with Crippen molar-refractivity contribution in [2.45, 2.75) is 0 Å². The third-order valence-corrected chi connectivity index (χ3v) is 2.48. The zero-order chi connectivity index (χ0) is 14.5. The fourth-order valence-electron chi connectivity index (χ4n) is 1.34. The van der Waals surface area contributed by atoms with Crippen LogP contribution >= 0.6 is 11.6 Å². The van der Waals surface area contributed by atoms with Gasteiger partial charge in [0.15, 0.2) is 0 Å². The number of aromatic nitrogens is 3. The lowest BCUT2D eigenvalue weighted by Gasteiger charge is -2.07. The first-order valence-electron chi connectivity index (χ1n) is 5.31. The maximum atomic E-state index is 11.6. The summed E-state index contributed by atoms with van der Waals surface area (Å²) in [6, 6.07) is 3.44. The standard InChI is InChI=1S/C11H8ClN5O3/c12-8-5-6(1-2-7(8)9(18)19)15-11(20)16-10-13-3-4-14-17-10/h1-5H,(H,18,19)(H2,13,15,16,17,20). The van der Waals surface area contributed by atoms with E-state index in [1.807, 2.05) is 0 Å². The van der Waals surface area contributed by atoms with Crippen LogP contribution in [0.5, 0.6) is 0 Å². The smallest absolute Gasteiger partial charge is 0.337 e. The van der Waals surface area contributed by atoms with Crippen molar-refractivity contribution in [2.75, 3.05) is 10.6 Å². The van der Waals surface area contributed by atoms with Gasteiger partial charge in [-0.15, -0.1) is 5.10 Å². The van der Waals surface area contributed by atoms with Crippen LogP contribution in [0.25, 0.3) is 0 Å². The molecule has 0 radical (unpaired) electrons. The number of carboxylic acids is 1. The number of urea groups is 1. The maximum absolute atomic E-state index is 11.6. The topological polar surface area (TPSA) is 117 Å². The van der Waals surface area contributed by atoms with Gasteiger partial charge in [-0.25, -0.2) is 14.6 Å². The Balaban J connectivity index is 2.05. The molecule has 8 nitrogen and oxygen atoms in total. The lowest BCUT2D eigenvalue weighted by atomic mass is 10.2. The Bertz CT molecular complexity index is 650. The van der Waals surface area contributed by atoms with Crippen LogP contribution < -0.4 is 10.6 Å². The molecule has 0 unspecified atom stereocenters. The lowest BCUT2D eigenvalue weighted by Crippen LogP contribution is -2.21. The lowest BCUT2D eigenvalue weighted by molar-refractivity contribution is 0.0697. The molecule has 0 bridgehead atoms. The molecular weight excluding hydrogens is 286 g/mol. The van der Waals surface area contributed by atoms with Crippen molar-refractivity contribution in [3.63, 3.8) is 0 Å². The summed E-state index contributed by atoms with van der Waals surface area (Å²) < 4.78 is 0. The Morgan fingerprint density at radius 2 is 2.00 bits per heavy atom. The molecule has 3 N–H and O–H groups in total. The van der Waals surface area contributed by atoms with Crippen LogP contribution in [0, 0.1) is 0 Å². The molecule has 0 saturated heterocycles. The number of anilines is 2. The van der Waals surface area contributed by atoms with E-state index in [4.69, 9.17) is 16.7 Å². The van der Waals surface area contributed by atoms with Gasteiger partial charge in [0.2, 0.25) is 0 Å². The van der Waals surface area contributed by atoms with Gasteiger partial charge < -0.3 is 10.4 Å². The van der Waals surface area contributed by atoms with Crippen LogP contribution in [0.15, 0.2) is 30.6 Å². The summed E-state index contributed by atoms with van der Waals surface area (Å²) in [5, 5.41) is 20.8. The van der Waals surface area contributed by atoms with Crippen molar-refractivity contribution >= 4 is 35.2 Å². The molecule has 0 aliphatic rings. The van der Waals surface area contributed by atoms with E-state index in [2.05, 4.69) is 25.8 Å². The quantitative estimate of drug-likeness (QED) is 0.795. The molecule has 2 rings (SSSR count). The predicted molar refractivity (Wildman–Crippen MR) is 70.9 cm³/mol. The first-order chi connectivity index (χ1) is 9.56. The largest absolute Gasteiger partial charge is 0.478 e. The Hall–Kier alpha value is -2.74. The number of hydrogen-bond donors (Lipinski definition) is 3. The molecule has 2 amide bonds. The van der Waals surface area contributed by atoms with Crippen molar-refractivity contribution < 1.29 is 14.7 Å². The number of carbonyl (C=O) groups excluding carboxylic acids is 1. The number of amides is 2. The van der Waals surface area contributed by atoms with Gasteiger partial charge in [0.25, 0.3) is 5.95 Å². The Labute approximate surface area is 117 Å². The summed E-state index contributed by atoms with van der Waals surface area (Å²) in [4.78, 5) is 26.2. The number of rotatable bonds is 3. The molecule has 0 saturated carbocycles. The maximum Gasteiger partial charge on any atom is 0.337 e. The number of halogens is 1. The van der Waals surface area contributed by atoms with E-state index in [0.717, 1.165) is 0 Å². The first-order valence-corrected chi connectivity index (χ1v) is 5.68. The molecule has 1 aromatic heterocycles. The summed E-state index contributed by atoms with van der Waals surface area (Å²) in [6.07, 6.45) is 2.74. The van der Waals surface area contributed by atoms with Crippen LogP contribution in [0.4, 0.5) is 16.4 Å². The number of nitrogens with zero attached hydrogens (tertiary/aromatic N) is 3. The highest BCUT2D eigenvalue weighted by molar-refractivity contribution is 6.33. The molecule has 1 aromatic carbocycles. The van der Waals surface area contributed by atoms with Gasteiger partial charge in [-0.2, -0.15) is 5.10 Å². The van der Waals surface area contributed by atoms with E-state index in [1.165, 1.54) is 30.6 Å². The van der Waals surface area contributed by atoms with E-state index in [-0.39, 0.29) is 16.5 Å². The second-order valence-electron chi connectivity index (χ2n) is 3.55. The fraction of sp³-hybridized carbons (Fsp3) is 0. The predicted octanol–water partition coefficient (Wildman–Crippen LogP) is 1.87. The molecule has 102 valence electrons. The summed E-state index contributed by atoms with van der Waals surface area (Å²) in [5.74, 6) is -1.10. The second kappa shape index (κ2) is 5.93. The Morgan fingerprint density at radius 3 is 2.60 bits per heavy atom. The molecule has 0 atom stereocenters. The third-order valence-electron chi connectivity index (χ3n) is 2.17. The van der Waals surface area contributed by atoms with E-state index < -0.39 is 12.0 Å². The third kappa shape index (κ3) is 3.39. The molecule has 0 aliphatic heterocycles.